The summed E-state index contributed by atoms with van der Waals surface area (Å²) < 4.78 is 22.1. The molecule has 33 heavy (non-hydrogen) atoms. The predicted octanol–water partition coefficient (Wildman–Crippen LogP) is -1.19. The second kappa shape index (κ2) is 13.5. The molecule has 0 spiro atoms. The van der Waals surface area contributed by atoms with Gasteiger partial charge in [-0.2, -0.15) is 5.26 Å². The fourth-order valence-electron chi connectivity index (χ4n) is 3.01. The number of ether oxygens (including phenoxy) is 1. The molecule has 2 radical (unpaired) electrons. The van der Waals surface area contributed by atoms with Crippen LogP contribution in [0, 0.1) is 23.2 Å². The molecule has 2 aromatic rings. The molecule has 16 heteroatoms. The van der Waals surface area contributed by atoms with E-state index in [1.54, 1.807) is 0 Å². The number of fused-ring (bicyclic) bond motifs is 1. The zero-order valence-corrected chi connectivity index (χ0v) is 23.1. The summed E-state index contributed by atoms with van der Waals surface area (Å²) in [6, 6.07) is 2.06. The first kappa shape index (κ1) is 30.4. The Kier molecular flexibility index (Phi) is 12.4. The normalized spacial score (nSPS) is 22.0. The van der Waals surface area contributed by atoms with Gasteiger partial charge in [0.1, 0.15) is 23.8 Å². The van der Waals surface area contributed by atoms with Gasteiger partial charge in [-0.25, -0.2) is 19.5 Å². The van der Waals surface area contributed by atoms with Crippen molar-refractivity contribution in [1.29, 1.82) is 5.26 Å². The van der Waals surface area contributed by atoms with Crippen molar-refractivity contribution in [3.63, 3.8) is 0 Å². The molecule has 3 rings (SSSR count). The Hall–Kier alpha value is -0.610. The monoisotopic (exact) mass is 498 g/mol. The predicted molar refractivity (Wildman–Crippen MR) is 116 cm³/mol. The third-order valence-electron chi connectivity index (χ3n) is 4.51. The Morgan fingerprint density at radius 2 is 1.91 bits per heavy atom. The number of phosphoric ester groups is 1. The maximum atomic E-state index is 10.9. The van der Waals surface area contributed by atoms with Gasteiger partial charge in [-0.15, -0.1) is 0 Å². The van der Waals surface area contributed by atoms with Crippen LogP contribution in [0.2, 0.25) is 0 Å². The third-order valence-corrected chi connectivity index (χ3v) is 4.99. The Balaban J connectivity index is 0.00000272. The molecule has 4 atom stereocenters. The van der Waals surface area contributed by atoms with Crippen molar-refractivity contribution in [2.24, 2.45) is 0 Å². The van der Waals surface area contributed by atoms with Gasteiger partial charge in [0.25, 0.3) is 0 Å². The molecule has 0 unspecified atom stereocenters. The van der Waals surface area contributed by atoms with E-state index in [4.69, 9.17) is 25.5 Å². The molecule has 1 aliphatic rings. The largest absolute Gasteiger partial charge is 0.469 e. The Morgan fingerprint density at radius 1 is 1.21 bits per heavy atom. The summed E-state index contributed by atoms with van der Waals surface area (Å²) in [7, 11) is -4.78. The molecule has 1 fully saturated rings. The molecule has 13 nitrogen and oxygen atoms in total. The maximum Gasteiger partial charge on any atom is 0.469 e. The fourth-order valence-corrected chi connectivity index (χ4v) is 3.35. The second-order valence-corrected chi connectivity index (χ2v) is 8.00. The molecular weight excluding hydrogens is 477 g/mol. The molecule has 0 aromatic carbocycles. The van der Waals surface area contributed by atoms with Crippen molar-refractivity contribution in [1.82, 2.24) is 19.5 Å². The molecule has 1 aliphatic heterocycles. The van der Waals surface area contributed by atoms with Gasteiger partial charge in [-0.3, -0.25) is 9.09 Å². The van der Waals surface area contributed by atoms with Crippen LogP contribution < -0.4 is 5.73 Å². The van der Waals surface area contributed by atoms with E-state index < -0.39 is 39.0 Å². The van der Waals surface area contributed by atoms with Crippen LogP contribution in [0.1, 0.15) is 37.7 Å². The topological polar surface area (TPSA) is 210 Å². The van der Waals surface area contributed by atoms with Crippen molar-refractivity contribution in [3.8, 4) is 17.9 Å². The average Bonchev–Trinajstić information content (AvgIpc) is 3.24. The summed E-state index contributed by atoms with van der Waals surface area (Å²) in [6.07, 6.45) is -1.47. The van der Waals surface area contributed by atoms with Crippen LogP contribution in [0.15, 0.2) is 6.33 Å². The van der Waals surface area contributed by atoms with Crippen LogP contribution in [0.25, 0.3) is 11.2 Å². The molecule has 1 saturated heterocycles. The van der Waals surface area contributed by atoms with Crippen LogP contribution in [-0.2, 0) is 13.8 Å². The number of aliphatic hydroxyl groups excluding tert-OH is 2. The minimum atomic E-state index is -4.78. The number of anilines is 1. The van der Waals surface area contributed by atoms with E-state index in [1.807, 2.05) is 0 Å². The van der Waals surface area contributed by atoms with Gasteiger partial charge in [0.15, 0.2) is 17.7 Å². The number of nitrogen functional groups attached to an aromatic ring is 1. The summed E-state index contributed by atoms with van der Waals surface area (Å²) in [4.78, 5) is 30.2. The quantitative estimate of drug-likeness (QED) is 0.132. The Bertz CT molecular complexity index is 1100. The van der Waals surface area contributed by atoms with E-state index >= 15 is 0 Å². The van der Waals surface area contributed by atoms with Gasteiger partial charge >= 0.3 is 7.82 Å². The first-order valence-corrected chi connectivity index (χ1v) is 10.8. The molecule has 0 bridgehead atoms. The van der Waals surface area contributed by atoms with Crippen molar-refractivity contribution in [2.75, 3.05) is 12.3 Å². The van der Waals surface area contributed by atoms with Crippen molar-refractivity contribution >= 4 is 83.9 Å². The number of rotatable bonds is 7. The number of unbranched alkanes of at least 4 members (excludes halogenated alkanes) is 3. The minimum Gasteiger partial charge on any atom is -0.387 e. The summed E-state index contributed by atoms with van der Waals surface area (Å²) in [5.74, 6) is 5.89. The van der Waals surface area contributed by atoms with E-state index in [0.29, 0.717) is 12.8 Å². The number of phosphoric acid groups is 1. The van der Waals surface area contributed by atoms with Crippen LogP contribution >= 0.6 is 7.82 Å². The van der Waals surface area contributed by atoms with Crippen molar-refractivity contribution < 1.29 is 33.8 Å². The van der Waals surface area contributed by atoms with Gasteiger partial charge < -0.3 is 30.5 Å². The summed E-state index contributed by atoms with van der Waals surface area (Å²) >= 11 is 0. The van der Waals surface area contributed by atoms with Crippen LogP contribution in [-0.4, -0.2) is 124 Å². The van der Waals surface area contributed by atoms with Gasteiger partial charge in [0.2, 0.25) is 5.82 Å². The SMILES string of the molecule is N#CCCCCC#Cc1nc(N)c2ncn([C@@H]3O[C@H](COP(=O)(O)O)[C@@H](O)[C@H]3O)c2n1.[Na].[Na]. The fraction of sp³-hybridized carbons (Fsp3) is 0.529. The molecular formula is C17H21N6Na2O7P. The number of hydrogen-bond donors (Lipinski definition) is 5. The molecule has 168 valence electrons. The van der Waals surface area contributed by atoms with Gasteiger partial charge in [-0.05, 0) is 18.8 Å². The Labute approximate surface area is 233 Å². The van der Waals surface area contributed by atoms with E-state index in [-0.39, 0.29) is 81.9 Å². The Morgan fingerprint density at radius 3 is 2.58 bits per heavy atom. The molecule has 6 N–H and O–H groups in total. The molecule has 3 heterocycles. The van der Waals surface area contributed by atoms with Crippen molar-refractivity contribution in [2.45, 2.75) is 50.2 Å². The average molecular weight is 498 g/mol. The molecule has 0 aliphatic carbocycles. The number of nitrogens with zero attached hydrogens (tertiary/aromatic N) is 5. The standard InChI is InChI=1S/C17H21N6O7P.2Na/c18-7-5-3-1-2-4-6-11-21-15(19)12-16(22-11)23(9-20-12)17-14(25)13(24)10(30-17)8-29-31(26,27)28;;/h9-10,13-14,17,24-25H,1-3,5,8H2,(H2,19,21,22)(H2,26,27,28);;/t10-,13-,14-,17-;;/m1../s1. The zero-order chi connectivity index (χ0) is 22.6. The number of hydrogen-bond acceptors (Lipinski definition) is 10. The number of aliphatic hydroxyl groups is 2. The number of nitrogens with two attached hydrogens (primary N) is 1. The first-order valence-electron chi connectivity index (χ1n) is 9.29. The van der Waals surface area contributed by atoms with E-state index in [2.05, 4.69) is 37.4 Å². The van der Waals surface area contributed by atoms with Gasteiger partial charge in [-0.1, -0.05) is 5.92 Å². The van der Waals surface area contributed by atoms with E-state index in [0.717, 1.165) is 12.8 Å². The van der Waals surface area contributed by atoms with Gasteiger partial charge in [0.05, 0.1) is 19.0 Å². The summed E-state index contributed by atoms with van der Waals surface area (Å²) in [5.41, 5.74) is 6.37. The molecule has 0 amide bonds. The van der Waals surface area contributed by atoms with Crippen LogP contribution in [0.5, 0.6) is 0 Å². The van der Waals surface area contributed by atoms with Crippen molar-refractivity contribution in [3.05, 3.63) is 12.2 Å². The molecule has 2 aromatic heterocycles. The number of imidazole rings is 1. The van der Waals surface area contributed by atoms with E-state index in [9.17, 15) is 14.8 Å². The van der Waals surface area contributed by atoms with Crippen LogP contribution in [0.3, 0.4) is 0 Å². The summed E-state index contributed by atoms with van der Waals surface area (Å²) in [5, 5.41) is 29.1. The third kappa shape index (κ3) is 7.95. The maximum absolute atomic E-state index is 10.9. The second-order valence-electron chi connectivity index (χ2n) is 6.76. The number of aromatic nitrogens is 4. The minimum absolute atomic E-state index is 0. The van der Waals surface area contributed by atoms with E-state index in [1.165, 1.54) is 10.9 Å². The van der Waals surface area contributed by atoms with Gasteiger partial charge in [0, 0.05) is 72.0 Å². The van der Waals surface area contributed by atoms with Crippen LogP contribution in [0.4, 0.5) is 5.82 Å². The smallest absolute Gasteiger partial charge is 0.387 e. The summed E-state index contributed by atoms with van der Waals surface area (Å²) in [6.45, 7) is -0.634. The number of nitriles is 1. The molecule has 0 saturated carbocycles. The zero-order valence-electron chi connectivity index (χ0n) is 18.2. The first-order chi connectivity index (χ1) is 14.7.